The minimum Gasteiger partial charge on any atom is -0.394 e. The third kappa shape index (κ3) is 3.65. The third-order valence-corrected chi connectivity index (χ3v) is 5.76. The van der Waals surface area contributed by atoms with Crippen molar-refractivity contribution in [2.75, 3.05) is 49.3 Å². The van der Waals surface area contributed by atoms with E-state index >= 15 is 4.39 Å². The van der Waals surface area contributed by atoms with Gasteiger partial charge in [0.05, 0.1) is 49.6 Å². The fraction of sp³-hybridized carbons (Fsp3) is 0.650. The summed E-state index contributed by atoms with van der Waals surface area (Å²) in [5.41, 5.74) is 0.843. The van der Waals surface area contributed by atoms with Crippen LogP contribution in [-0.2, 0) is 18.9 Å². The molecular weight excluding hydrogens is 413 g/mol. The number of anilines is 2. The van der Waals surface area contributed by atoms with Gasteiger partial charge in [0.1, 0.15) is 6.10 Å². The molecule has 0 amide bonds. The van der Waals surface area contributed by atoms with Gasteiger partial charge < -0.3 is 43.5 Å². The highest BCUT2D eigenvalue weighted by Crippen LogP contribution is 2.42. The van der Waals surface area contributed by atoms with E-state index < -0.39 is 24.6 Å². The van der Waals surface area contributed by atoms with Gasteiger partial charge in [-0.1, -0.05) is 5.16 Å². The average molecular weight is 439 g/mol. The molecule has 0 radical (unpaired) electrons. The number of halogens is 1. The molecule has 0 aliphatic carbocycles. The molecule has 3 fully saturated rings. The molecule has 31 heavy (non-hydrogen) atoms. The van der Waals surface area contributed by atoms with Crippen molar-refractivity contribution < 1.29 is 38.1 Å². The normalized spacial score (nSPS) is 30.1. The van der Waals surface area contributed by atoms with E-state index in [9.17, 15) is 10.2 Å². The summed E-state index contributed by atoms with van der Waals surface area (Å²) >= 11 is 0. The molecule has 170 valence electrons. The minimum absolute atomic E-state index is 0.0295. The highest BCUT2D eigenvalue weighted by atomic mass is 19.1. The lowest BCUT2D eigenvalue weighted by Crippen LogP contribution is -2.46. The lowest BCUT2D eigenvalue weighted by molar-refractivity contribution is -0.0991. The van der Waals surface area contributed by atoms with Gasteiger partial charge >= 0.3 is 0 Å². The van der Waals surface area contributed by atoms with Crippen LogP contribution in [0.1, 0.15) is 25.7 Å². The van der Waals surface area contributed by atoms with Crippen LogP contribution in [0.3, 0.4) is 0 Å². The van der Waals surface area contributed by atoms with Gasteiger partial charge in [-0.25, -0.2) is 4.39 Å². The largest absolute Gasteiger partial charge is 0.394 e. The molecule has 4 heterocycles. The number of nitrogens with zero attached hydrogens (tertiary/aromatic N) is 3. The molecule has 0 bridgehead atoms. The lowest BCUT2D eigenvalue weighted by Gasteiger charge is -2.38. The van der Waals surface area contributed by atoms with Crippen LogP contribution in [0, 0.1) is 5.82 Å². The van der Waals surface area contributed by atoms with Crippen LogP contribution in [0.2, 0.25) is 0 Å². The molecule has 4 atom stereocenters. The van der Waals surface area contributed by atoms with Crippen LogP contribution in [0.4, 0.5) is 15.9 Å². The van der Waals surface area contributed by atoms with E-state index in [1.54, 1.807) is 6.07 Å². The van der Waals surface area contributed by atoms with Crippen LogP contribution in [-0.4, -0.2) is 79.6 Å². The number of aliphatic hydroxyl groups is 2. The number of ether oxygens (including phenoxy) is 4. The first kappa shape index (κ1) is 20.9. The van der Waals surface area contributed by atoms with Crippen molar-refractivity contribution in [3.63, 3.8) is 0 Å². The Balaban J connectivity index is 1.62. The summed E-state index contributed by atoms with van der Waals surface area (Å²) < 4.78 is 43.8. The fourth-order valence-electron chi connectivity index (χ4n) is 4.53. The smallest absolute Gasteiger partial charge is 0.239 e. The first-order chi connectivity index (χ1) is 15.0. The first-order valence-corrected chi connectivity index (χ1v) is 10.4. The Hall–Kier alpha value is -2.02. The standard InChI is InChI=1S/C20H26FN3O7/c1-10-6-23(7-11(2)29-10)16-13(19-27-3-4-28-19)5-14-17(15(16)21)31-22-18(14)24-8-12(9-25)30-20(24)26/h5,10-12,19-20,25-26H,3-4,6-9H2,1-2H3/t10-,11-,12+,20?/m1/s1. The monoisotopic (exact) mass is 439 g/mol. The van der Waals surface area contributed by atoms with E-state index in [4.69, 9.17) is 23.5 Å². The van der Waals surface area contributed by atoms with Crippen LogP contribution in [0.5, 0.6) is 0 Å². The summed E-state index contributed by atoms with van der Waals surface area (Å²) in [5, 5.41) is 24.0. The average Bonchev–Trinajstić information content (AvgIpc) is 3.46. The van der Waals surface area contributed by atoms with Crippen LogP contribution in [0.15, 0.2) is 10.6 Å². The van der Waals surface area contributed by atoms with E-state index in [1.807, 2.05) is 18.7 Å². The van der Waals surface area contributed by atoms with Gasteiger partial charge in [-0.15, -0.1) is 0 Å². The number of rotatable bonds is 4. The molecule has 1 unspecified atom stereocenters. The predicted molar refractivity (Wildman–Crippen MR) is 106 cm³/mol. The summed E-state index contributed by atoms with van der Waals surface area (Å²) in [4.78, 5) is 3.34. The van der Waals surface area contributed by atoms with Gasteiger partial charge in [-0.3, -0.25) is 0 Å². The molecule has 3 aliphatic rings. The molecule has 0 spiro atoms. The molecule has 2 aromatic rings. The van der Waals surface area contributed by atoms with Crippen LogP contribution in [0.25, 0.3) is 11.0 Å². The van der Waals surface area contributed by atoms with Crippen molar-refractivity contribution in [1.29, 1.82) is 0 Å². The van der Waals surface area contributed by atoms with Gasteiger partial charge in [0.15, 0.2) is 17.9 Å². The number of hydrogen-bond donors (Lipinski definition) is 2. The van der Waals surface area contributed by atoms with Crippen molar-refractivity contribution in [2.24, 2.45) is 0 Å². The van der Waals surface area contributed by atoms with Gasteiger partial charge in [-0.2, -0.15) is 0 Å². The van der Waals surface area contributed by atoms with E-state index in [0.29, 0.717) is 42.9 Å². The Labute approximate surface area is 178 Å². The Bertz CT molecular complexity index is 940. The number of aromatic nitrogens is 1. The van der Waals surface area contributed by atoms with Crippen molar-refractivity contribution in [1.82, 2.24) is 5.16 Å². The third-order valence-electron chi connectivity index (χ3n) is 5.76. The van der Waals surface area contributed by atoms with Gasteiger partial charge in [0.25, 0.3) is 0 Å². The Morgan fingerprint density at radius 1 is 1.13 bits per heavy atom. The van der Waals surface area contributed by atoms with Gasteiger partial charge in [0.2, 0.25) is 12.0 Å². The van der Waals surface area contributed by atoms with Crippen molar-refractivity contribution in [3.8, 4) is 0 Å². The van der Waals surface area contributed by atoms with Crippen molar-refractivity contribution in [3.05, 3.63) is 17.4 Å². The lowest BCUT2D eigenvalue weighted by atomic mass is 10.0. The molecule has 2 N–H and O–H groups in total. The number of hydrogen-bond acceptors (Lipinski definition) is 10. The zero-order valence-electron chi connectivity index (χ0n) is 17.4. The second-order valence-corrected chi connectivity index (χ2v) is 8.17. The summed E-state index contributed by atoms with van der Waals surface area (Å²) in [5.74, 6) is -0.341. The summed E-state index contributed by atoms with van der Waals surface area (Å²) in [6.45, 7) is 5.65. The molecule has 11 heteroatoms. The SMILES string of the molecule is C[C@@H]1CN(c2c(C3OCCO3)cc3c(N4C[C@@H](CO)OC4O)noc3c2F)C[C@@H](C)O1. The molecule has 1 aromatic heterocycles. The number of fused-ring (bicyclic) bond motifs is 1. The first-order valence-electron chi connectivity index (χ1n) is 10.4. The Morgan fingerprint density at radius 3 is 2.48 bits per heavy atom. The maximum Gasteiger partial charge on any atom is 0.239 e. The second-order valence-electron chi connectivity index (χ2n) is 8.17. The van der Waals surface area contributed by atoms with Gasteiger partial charge in [-0.05, 0) is 19.9 Å². The molecule has 5 rings (SSSR count). The number of aliphatic hydroxyl groups excluding tert-OH is 2. The maximum atomic E-state index is 15.9. The molecule has 1 aromatic carbocycles. The van der Waals surface area contributed by atoms with Crippen LogP contribution < -0.4 is 9.80 Å². The van der Waals surface area contributed by atoms with Gasteiger partial charge in [0, 0.05) is 18.7 Å². The van der Waals surface area contributed by atoms with Crippen molar-refractivity contribution >= 4 is 22.5 Å². The predicted octanol–water partition coefficient (Wildman–Crippen LogP) is 1.10. The molecule has 3 aliphatic heterocycles. The topological polar surface area (TPSA) is 110 Å². The van der Waals surface area contributed by atoms with E-state index in [1.165, 1.54) is 4.90 Å². The zero-order valence-corrected chi connectivity index (χ0v) is 17.4. The molecule has 0 saturated carbocycles. The summed E-state index contributed by atoms with van der Waals surface area (Å²) in [7, 11) is 0. The van der Waals surface area contributed by atoms with Crippen molar-refractivity contribution in [2.45, 2.75) is 44.9 Å². The quantitative estimate of drug-likeness (QED) is 0.719. The summed E-state index contributed by atoms with van der Waals surface area (Å²) in [6, 6.07) is 1.74. The van der Waals surface area contributed by atoms with E-state index in [-0.39, 0.29) is 36.8 Å². The Morgan fingerprint density at radius 2 is 1.84 bits per heavy atom. The highest BCUT2D eigenvalue weighted by Gasteiger charge is 2.37. The zero-order chi connectivity index (χ0) is 21.7. The second kappa shape index (κ2) is 8.15. The van der Waals surface area contributed by atoms with E-state index in [2.05, 4.69) is 5.16 Å². The van der Waals surface area contributed by atoms with E-state index in [0.717, 1.165) is 0 Å². The van der Waals surface area contributed by atoms with Crippen LogP contribution >= 0.6 is 0 Å². The Kier molecular flexibility index (Phi) is 5.49. The maximum absolute atomic E-state index is 15.9. The highest BCUT2D eigenvalue weighted by molar-refractivity contribution is 5.93. The number of benzene rings is 1. The number of morpholine rings is 1. The fourth-order valence-corrected chi connectivity index (χ4v) is 4.53. The molecule has 10 nitrogen and oxygen atoms in total. The minimum atomic E-state index is -1.32. The summed E-state index contributed by atoms with van der Waals surface area (Å²) in [6.07, 6.45) is -2.78. The molecular formula is C20H26FN3O7. The molecule has 3 saturated heterocycles.